The van der Waals surface area contributed by atoms with Crippen molar-refractivity contribution in [3.05, 3.63) is 106 Å². The van der Waals surface area contributed by atoms with E-state index in [1.807, 2.05) is 60.7 Å². The molecule has 6 heteroatoms. The zero-order chi connectivity index (χ0) is 20.9. The van der Waals surface area contributed by atoms with Gasteiger partial charge in [-0.15, -0.1) is 0 Å². The maximum Gasteiger partial charge on any atom is 0.265 e. The molecule has 150 valence electrons. The molecule has 0 bridgehead atoms. The molecule has 0 radical (unpaired) electrons. The van der Waals surface area contributed by atoms with Crippen molar-refractivity contribution < 1.29 is 9.53 Å². The molecule has 30 heavy (non-hydrogen) atoms. The van der Waals surface area contributed by atoms with Crippen LogP contribution in [0.1, 0.15) is 21.5 Å². The lowest BCUT2D eigenvalue weighted by atomic mass is 10.1. The predicted octanol–water partition coefficient (Wildman–Crippen LogP) is 3.38. The highest BCUT2D eigenvalue weighted by Gasteiger charge is 2.16. The van der Waals surface area contributed by atoms with Crippen LogP contribution in [-0.2, 0) is 13.1 Å². The minimum absolute atomic E-state index is 0.0920. The zero-order valence-electron chi connectivity index (χ0n) is 16.5. The molecule has 2 aromatic heterocycles. The number of fused-ring (bicyclic) bond motifs is 1. The van der Waals surface area contributed by atoms with Crippen molar-refractivity contribution in [2.24, 2.45) is 0 Å². The molecule has 4 aromatic rings. The Bertz CT molecular complexity index is 1250. The Morgan fingerprint density at radius 3 is 2.60 bits per heavy atom. The minimum atomic E-state index is -0.421. The van der Waals surface area contributed by atoms with Crippen molar-refractivity contribution in [1.29, 1.82) is 0 Å². The van der Waals surface area contributed by atoms with E-state index in [2.05, 4.69) is 10.3 Å². The van der Waals surface area contributed by atoms with Gasteiger partial charge >= 0.3 is 0 Å². The normalized spacial score (nSPS) is 10.7. The van der Waals surface area contributed by atoms with Crippen molar-refractivity contribution in [1.82, 2.24) is 14.9 Å². The molecule has 2 heterocycles. The van der Waals surface area contributed by atoms with Gasteiger partial charge < -0.3 is 10.1 Å². The third-order valence-corrected chi connectivity index (χ3v) is 4.86. The van der Waals surface area contributed by atoms with E-state index < -0.39 is 5.91 Å². The van der Waals surface area contributed by atoms with E-state index in [0.717, 1.165) is 16.5 Å². The van der Waals surface area contributed by atoms with Crippen LogP contribution in [0, 0.1) is 0 Å². The molecule has 2 aromatic carbocycles. The molecule has 1 amide bonds. The van der Waals surface area contributed by atoms with E-state index in [9.17, 15) is 9.59 Å². The van der Waals surface area contributed by atoms with Crippen molar-refractivity contribution in [3.8, 4) is 5.75 Å². The van der Waals surface area contributed by atoms with Crippen LogP contribution in [0.15, 0.2) is 83.8 Å². The average molecular weight is 399 g/mol. The van der Waals surface area contributed by atoms with E-state index in [1.54, 1.807) is 30.0 Å². The van der Waals surface area contributed by atoms with Gasteiger partial charge in [-0.05, 0) is 41.5 Å². The van der Waals surface area contributed by atoms with Gasteiger partial charge in [0.05, 0.1) is 13.7 Å². The Morgan fingerprint density at radius 1 is 1.00 bits per heavy atom. The molecule has 0 aliphatic carbocycles. The van der Waals surface area contributed by atoms with Crippen LogP contribution in [0.5, 0.6) is 5.75 Å². The fraction of sp³-hybridized carbons (Fsp3) is 0.125. The van der Waals surface area contributed by atoms with E-state index >= 15 is 0 Å². The molecular formula is C24H21N3O3. The summed E-state index contributed by atoms with van der Waals surface area (Å²) >= 11 is 0. The first kappa shape index (κ1) is 19.4. The summed E-state index contributed by atoms with van der Waals surface area (Å²) in [6.07, 6.45) is 1.64. The smallest absolute Gasteiger partial charge is 0.265 e. The monoisotopic (exact) mass is 399 g/mol. The third-order valence-electron chi connectivity index (χ3n) is 4.86. The van der Waals surface area contributed by atoms with Crippen molar-refractivity contribution in [3.63, 3.8) is 0 Å². The van der Waals surface area contributed by atoms with Gasteiger partial charge in [0.1, 0.15) is 17.0 Å². The lowest BCUT2D eigenvalue weighted by Gasteiger charge is -2.13. The Balaban J connectivity index is 1.67. The summed E-state index contributed by atoms with van der Waals surface area (Å²) < 4.78 is 6.76. The average Bonchev–Trinajstić information content (AvgIpc) is 2.80. The largest absolute Gasteiger partial charge is 0.497 e. The van der Waals surface area contributed by atoms with Crippen molar-refractivity contribution >= 4 is 16.9 Å². The van der Waals surface area contributed by atoms with Crippen LogP contribution in [-0.4, -0.2) is 22.6 Å². The van der Waals surface area contributed by atoms with Gasteiger partial charge in [-0.2, -0.15) is 0 Å². The number of nitrogens with zero attached hydrogens (tertiary/aromatic N) is 2. The number of amides is 1. The van der Waals surface area contributed by atoms with Crippen LogP contribution < -0.4 is 15.6 Å². The highest BCUT2D eigenvalue weighted by Crippen LogP contribution is 2.14. The summed E-state index contributed by atoms with van der Waals surface area (Å²) in [5.41, 5.74) is 2.12. The summed E-state index contributed by atoms with van der Waals surface area (Å²) in [6.45, 7) is 0.628. The van der Waals surface area contributed by atoms with Crippen LogP contribution in [0.3, 0.4) is 0 Å². The van der Waals surface area contributed by atoms with Crippen molar-refractivity contribution in [2.75, 3.05) is 7.11 Å². The zero-order valence-corrected chi connectivity index (χ0v) is 16.5. The number of hydrogen-bond acceptors (Lipinski definition) is 4. The molecule has 0 unspecified atom stereocenters. The van der Waals surface area contributed by atoms with Gasteiger partial charge in [0.25, 0.3) is 11.5 Å². The van der Waals surface area contributed by atoms with Crippen molar-refractivity contribution in [2.45, 2.75) is 13.1 Å². The summed E-state index contributed by atoms with van der Waals surface area (Å²) in [4.78, 5) is 30.4. The topological polar surface area (TPSA) is 73.2 Å². The Labute approximate surface area is 173 Å². The molecule has 0 atom stereocenters. The Kier molecular flexibility index (Phi) is 5.57. The molecule has 0 aliphatic heterocycles. The molecule has 0 aliphatic rings. The molecule has 0 saturated carbocycles. The predicted molar refractivity (Wildman–Crippen MR) is 116 cm³/mol. The molecule has 1 N–H and O–H groups in total. The second kappa shape index (κ2) is 8.61. The van der Waals surface area contributed by atoms with Gasteiger partial charge in [-0.1, -0.05) is 42.5 Å². The maximum absolute atomic E-state index is 13.2. The third kappa shape index (κ3) is 4.07. The number of rotatable bonds is 6. The SMILES string of the molecule is COc1cccc(CNC(=O)c2cc3cccnc3n(Cc3ccccc3)c2=O)c1. The summed E-state index contributed by atoms with van der Waals surface area (Å²) in [5.74, 6) is 0.291. The number of aromatic nitrogens is 2. The van der Waals surface area contributed by atoms with E-state index in [0.29, 0.717) is 24.5 Å². The molecule has 6 nitrogen and oxygen atoms in total. The fourth-order valence-electron chi connectivity index (χ4n) is 3.34. The van der Waals surface area contributed by atoms with Gasteiger partial charge in [0.2, 0.25) is 0 Å². The number of carbonyl (C=O) groups is 1. The van der Waals surface area contributed by atoms with Gasteiger partial charge in [0, 0.05) is 18.1 Å². The summed E-state index contributed by atoms with van der Waals surface area (Å²) in [6, 6.07) is 22.3. The quantitative estimate of drug-likeness (QED) is 0.539. The number of benzene rings is 2. The number of methoxy groups -OCH3 is 1. The molecule has 0 spiro atoms. The number of pyridine rings is 2. The first-order valence-electron chi connectivity index (χ1n) is 9.59. The first-order valence-corrected chi connectivity index (χ1v) is 9.59. The Morgan fingerprint density at radius 2 is 1.80 bits per heavy atom. The van der Waals surface area contributed by atoms with E-state index in [1.165, 1.54) is 0 Å². The molecule has 0 fully saturated rings. The number of hydrogen-bond donors (Lipinski definition) is 1. The van der Waals surface area contributed by atoms with Crippen LogP contribution in [0.2, 0.25) is 0 Å². The molecule has 0 saturated heterocycles. The maximum atomic E-state index is 13.2. The second-order valence-electron chi connectivity index (χ2n) is 6.89. The lowest BCUT2D eigenvalue weighted by Crippen LogP contribution is -2.33. The van der Waals surface area contributed by atoms with Gasteiger partial charge in [-0.3, -0.25) is 14.2 Å². The highest BCUT2D eigenvalue weighted by atomic mass is 16.5. The summed E-state index contributed by atoms with van der Waals surface area (Å²) in [5, 5.41) is 3.57. The second-order valence-corrected chi connectivity index (χ2v) is 6.89. The van der Waals surface area contributed by atoms with E-state index in [4.69, 9.17) is 4.74 Å². The van der Waals surface area contributed by atoms with Crippen LogP contribution in [0.4, 0.5) is 0 Å². The number of carbonyl (C=O) groups excluding carboxylic acids is 1. The standard InChI is InChI=1S/C24H21N3O3/c1-30-20-11-5-9-18(13-20)15-26-23(28)21-14-19-10-6-12-25-22(19)27(24(21)29)16-17-7-3-2-4-8-17/h2-14H,15-16H2,1H3,(H,26,28). The summed E-state index contributed by atoms with van der Waals surface area (Å²) in [7, 11) is 1.59. The minimum Gasteiger partial charge on any atom is -0.497 e. The molecular weight excluding hydrogens is 378 g/mol. The van der Waals surface area contributed by atoms with Gasteiger partial charge in [0.15, 0.2) is 0 Å². The first-order chi connectivity index (χ1) is 14.7. The fourth-order valence-corrected chi connectivity index (χ4v) is 3.34. The Hall–Kier alpha value is -3.93. The highest BCUT2D eigenvalue weighted by molar-refractivity contribution is 5.96. The van der Waals surface area contributed by atoms with Gasteiger partial charge in [-0.25, -0.2) is 4.98 Å². The number of nitrogens with one attached hydrogen (secondary N) is 1. The number of ether oxygens (including phenoxy) is 1. The van der Waals surface area contributed by atoms with Crippen LogP contribution in [0.25, 0.3) is 11.0 Å². The van der Waals surface area contributed by atoms with Crippen LogP contribution >= 0.6 is 0 Å². The lowest BCUT2D eigenvalue weighted by molar-refractivity contribution is 0.0949. The van der Waals surface area contributed by atoms with E-state index in [-0.39, 0.29) is 11.1 Å². The molecule has 4 rings (SSSR count).